The number of hydrogen-bond donors (Lipinski definition) is 1. The molecular weight excluding hydrogens is 261 g/mol. The van der Waals surface area contributed by atoms with Gasteiger partial charge in [-0.1, -0.05) is 36.4 Å². The average molecular weight is 281 g/mol. The van der Waals surface area contributed by atoms with Gasteiger partial charge in [-0.2, -0.15) is 0 Å². The molecule has 1 fully saturated rings. The van der Waals surface area contributed by atoms with E-state index in [4.69, 9.17) is 0 Å². The Balaban J connectivity index is 2.45. The molecule has 0 saturated carbocycles. The summed E-state index contributed by atoms with van der Waals surface area (Å²) in [5.41, 5.74) is 0. The Hall–Kier alpha value is 0.690. The maximum atomic E-state index is 3.63. The number of alkyl halides is 1. The third-order valence-electron chi connectivity index (χ3n) is 2.64. The monoisotopic (exact) mass is 281 g/mol. The van der Waals surface area contributed by atoms with Crippen LogP contribution in [-0.2, 0) is 0 Å². The number of nitrogens with one attached hydrogen (secondary N) is 1. The highest BCUT2D eigenvalue weighted by atomic mass is 127. The van der Waals surface area contributed by atoms with Crippen LogP contribution in [0.25, 0.3) is 0 Å². The van der Waals surface area contributed by atoms with Crippen molar-refractivity contribution in [2.45, 2.75) is 50.1 Å². The fourth-order valence-corrected chi connectivity index (χ4v) is 3.76. The van der Waals surface area contributed by atoms with E-state index >= 15 is 0 Å². The standard InChI is InChI=1S/C10H20IN/c1-7-4-8(2)6-10(11)12-9(3)5-7/h7-10,12H,4-6H2,1-3H3/t7-,8?,9?,10?/m1/s1. The normalized spacial score (nSPS) is 45.0. The van der Waals surface area contributed by atoms with E-state index in [1.54, 1.807) is 0 Å². The van der Waals surface area contributed by atoms with Crippen molar-refractivity contribution in [3.63, 3.8) is 0 Å². The van der Waals surface area contributed by atoms with Gasteiger partial charge in [-0.15, -0.1) is 0 Å². The van der Waals surface area contributed by atoms with E-state index in [9.17, 15) is 0 Å². The molecule has 0 aromatic rings. The lowest BCUT2D eigenvalue weighted by Crippen LogP contribution is -2.37. The second kappa shape index (κ2) is 4.80. The molecule has 0 spiro atoms. The van der Waals surface area contributed by atoms with Crippen molar-refractivity contribution in [1.82, 2.24) is 5.32 Å². The molecule has 1 nitrogen and oxygen atoms in total. The van der Waals surface area contributed by atoms with Gasteiger partial charge in [0.2, 0.25) is 0 Å². The van der Waals surface area contributed by atoms with E-state index < -0.39 is 0 Å². The Bertz CT molecular complexity index is 97.8. The maximum absolute atomic E-state index is 3.63. The summed E-state index contributed by atoms with van der Waals surface area (Å²) >= 11 is 2.53. The molecular formula is C10H20IN. The molecule has 72 valence electrons. The van der Waals surface area contributed by atoms with Crippen molar-refractivity contribution >= 4 is 22.6 Å². The minimum Gasteiger partial charge on any atom is -0.303 e. The van der Waals surface area contributed by atoms with Gasteiger partial charge in [0, 0.05) is 6.04 Å². The predicted molar refractivity (Wildman–Crippen MR) is 62.6 cm³/mol. The van der Waals surface area contributed by atoms with Crippen LogP contribution in [0, 0.1) is 11.8 Å². The third-order valence-corrected chi connectivity index (χ3v) is 3.50. The van der Waals surface area contributed by atoms with Crippen molar-refractivity contribution in [3.05, 3.63) is 0 Å². The zero-order valence-corrected chi connectivity index (χ0v) is 10.5. The predicted octanol–water partition coefficient (Wildman–Crippen LogP) is 3.18. The van der Waals surface area contributed by atoms with Crippen LogP contribution < -0.4 is 5.32 Å². The molecule has 4 atom stereocenters. The lowest BCUT2D eigenvalue weighted by molar-refractivity contribution is 0.297. The zero-order chi connectivity index (χ0) is 9.14. The highest BCUT2D eigenvalue weighted by Gasteiger charge is 2.20. The van der Waals surface area contributed by atoms with Crippen LogP contribution in [0.15, 0.2) is 0 Å². The van der Waals surface area contributed by atoms with Gasteiger partial charge >= 0.3 is 0 Å². The summed E-state index contributed by atoms with van der Waals surface area (Å²) in [5.74, 6) is 1.79. The van der Waals surface area contributed by atoms with Crippen LogP contribution >= 0.6 is 22.6 Å². The molecule has 12 heavy (non-hydrogen) atoms. The molecule has 0 amide bonds. The molecule has 1 heterocycles. The van der Waals surface area contributed by atoms with E-state index in [0.717, 1.165) is 11.8 Å². The number of hydrogen-bond acceptors (Lipinski definition) is 1. The third kappa shape index (κ3) is 3.60. The summed E-state index contributed by atoms with van der Waals surface area (Å²) in [5, 5.41) is 3.63. The molecule has 1 rings (SSSR count). The maximum Gasteiger partial charge on any atom is 0.0598 e. The fraction of sp³-hybridized carbons (Fsp3) is 1.00. The lowest BCUT2D eigenvalue weighted by atomic mass is 9.88. The van der Waals surface area contributed by atoms with Gasteiger partial charge in [0.05, 0.1) is 4.05 Å². The molecule has 0 aliphatic carbocycles. The Morgan fingerprint density at radius 2 is 1.58 bits per heavy atom. The summed E-state index contributed by atoms with van der Waals surface area (Å²) in [6, 6.07) is 0.703. The topological polar surface area (TPSA) is 12.0 Å². The molecule has 0 aromatic heterocycles. The summed E-state index contributed by atoms with van der Waals surface area (Å²) in [6.45, 7) is 7.06. The van der Waals surface area contributed by atoms with Crippen molar-refractivity contribution < 1.29 is 0 Å². The Labute approximate surface area is 89.8 Å². The quantitative estimate of drug-likeness (QED) is 0.408. The first-order valence-electron chi connectivity index (χ1n) is 4.98. The van der Waals surface area contributed by atoms with Gasteiger partial charge in [-0.25, -0.2) is 0 Å². The zero-order valence-electron chi connectivity index (χ0n) is 8.31. The highest BCUT2D eigenvalue weighted by Crippen LogP contribution is 2.25. The first-order chi connectivity index (χ1) is 5.58. The van der Waals surface area contributed by atoms with Crippen LogP contribution in [0.5, 0.6) is 0 Å². The van der Waals surface area contributed by atoms with Crippen molar-refractivity contribution in [3.8, 4) is 0 Å². The van der Waals surface area contributed by atoms with Crippen LogP contribution in [0.1, 0.15) is 40.0 Å². The van der Waals surface area contributed by atoms with Crippen molar-refractivity contribution in [2.75, 3.05) is 0 Å². The number of halogens is 1. The van der Waals surface area contributed by atoms with Crippen LogP contribution in [0.2, 0.25) is 0 Å². The summed E-state index contributed by atoms with van der Waals surface area (Å²) in [4.78, 5) is 0. The second-order valence-corrected chi connectivity index (χ2v) is 5.96. The Morgan fingerprint density at radius 1 is 1.00 bits per heavy atom. The van der Waals surface area contributed by atoms with Crippen molar-refractivity contribution in [1.29, 1.82) is 0 Å². The molecule has 1 saturated heterocycles. The van der Waals surface area contributed by atoms with Crippen molar-refractivity contribution in [2.24, 2.45) is 11.8 Å². The minimum absolute atomic E-state index is 0.681. The van der Waals surface area contributed by atoms with Crippen LogP contribution in [-0.4, -0.2) is 10.1 Å². The molecule has 1 aliphatic heterocycles. The number of rotatable bonds is 0. The van der Waals surface area contributed by atoms with Gasteiger partial charge < -0.3 is 5.32 Å². The first-order valence-corrected chi connectivity index (χ1v) is 6.22. The SMILES string of the molecule is CC1CC(I)NC(C)C[C@H](C)C1. The van der Waals surface area contributed by atoms with Crippen LogP contribution in [0.4, 0.5) is 0 Å². The summed E-state index contributed by atoms with van der Waals surface area (Å²) in [6.07, 6.45) is 4.07. The highest BCUT2D eigenvalue weighted by molar-refractivity contribution is 14.1. The summed E-state index contributed by atoms with van der Waals surface area (Å²) in [7, 11) is 0. The summed E-state index contributed by atoms with van der Waals surface area (Å²) < 4.78 is 0.681. The van der Waals surface area contributed by atoms with Gasteiger partial charge in [0.1, 0.15) is 0 Å². The molecule has 0 radical (unpaired) electrons. The van der Waals surface area contributed by atoms with E-state index in [-0.39, 0.29) is 0 Å². The second-order valence-electron chi connectivity index (χ2n) is 4.45. The van der Waals surface area contributed by atoms with Gasteiger partial charge in [0.25, 0.3) is 0 Å². The largest absolute Gasteiger partial charge is 0.303 e. The van der Waals surface area contributed by atoms with E-state index in [2.05, 4.69) is 48.7 Å². The van der Waals surface area contributed by atoms with E-state index in [1.807, 2.05) is 0 Å². The average Bonchev–Trinajstić information content (AvgIpc) is 1.81. The minimum atomic E-state index is 0.681. The molecule has 3 unspecified atom stereocenters. The van der Waals surface area contributed by atoms with Gasteiger partial charge in [-0.3, -0.25) is 0 Å². The van der Waals surface area contributed by atoms with Crippen LogP contribution in [0.3, 0.4) is 0 Å². The first kappa shape index (κ1) is 10.8. The Kier molecular flexibility index (Phi) is 4.30. The Morgan fingerprint density at radius 3 is 2.25 bits per heavy atom. The van der Waals surface area contributed by atoms with Gasteiger partial charge in [0.15, 0.2) is 0 Å². The van der Waals surface area contributed by atoms with E-state index in [0.29, 0.717) is 10.1 Å². The van der Waals surface area contributed by atoms with Gasteiger partial charge in [-0.05, 0) is 38.0 Å². The smallest absolute Gasteiger partial charge is 0.0598 e. The van der Waals surface area contributed by atoms with E-state index in [1.165, 1.54) is 19.3 Å². The molecule has 1 aliphatic rings. The molecule has 1 N–H and O–H groups in total. The molecule has 0 aromatic carbocycles. The molecule has 2 heteroatoms. The molecule has 0 bridgehead atoms. The fourth-order valence-electron chi connectivity index (χ4n) is 2.28. The lowest BCUT2D eigenvalue weighted by Gasteiger charge is -2.29.